The summed E-state index contributed by atoms with van der Waals surface area (Å²) < 4.78 is 37.6. The Bertz CT molecular complexity index is 517. The zero-order chi connectivity index (χ0) is 12.5. The van der Waals surface area contributed by atoms with Crippen molar-refractivity contribution in [2.45, 2.75) is 12.7 Å². The van der Waals surface area contributed by atoms with Crippen LogP contribution in [0.25, 0.3) is 11.1 Å². The second kappa shape index (κ2) is 4.21. The first-order valence-corrected chi connectivity index (χ1v) is 4.92. The number of alkyl halides is 3. The zero-order valence-corrected chi connectivity index (χ0v) is 8.75. The van der Waals surface area contributed by atoms with Crippen LogP contribution in [0.4, 0.5) is 13.2 Å². The lowest BCUT2D eigenvalue weighted by atomic mass is 10.0. The first-order chi connectivity index (χ1) is 8.02. The number of nitrogens with two attached hydrogens (primary N) is 1. The maximum absolute atomic E-state index is 12.5. The quantitative estimate of drug-likeness (QED) is 0.848. The van der Waals surface area contributed by atoms with Gasteiger partial charge in [-0.3, -0.25) is 5.10 Å². The maximum Gasteiger partial charge on any atom is 0.416 e. The lowest BCUT2D eigenvalue weighted by molar-refractivity contribution is -0.137. The minimum absolute atomic E-state index is 0.200. The SMILES string of the molecule is NCc1[nH]ncc1-c1cccc(C(F)(F)F)c1. The van der Waals surface area contributed by atoms with E-state index in [1.165, 1.54) is 12.3 Å². The van der Waals surface area contributed by atoms with Crippen molar-refractivity contribution in [1.29, 1.82) is 0 Å². The molecule has 0 aliphatic heterocycles. The standard InChI is InChI=1S/C11H10F3N3/c12-11(13,14)8-3-1-2-7(4-8)9-6-16-17-10(9)5-15/h1-4,6H,5,15H2,(H,16,17). The first kappa shape index (κ1) is 11.7. The van der Waals surface area contributed by atoms with E-state index in [4.69, 9.17) is 5.73 Å². The van der Waals surface area contributed by atoms with Crippen molar-refractivity contribution in [1.82, 2.24) is 10.2 Å². The summed E-state index contributed by atoms with van der Waals surface area (Å²) >= 11 is 0. The summed E-state index contributed by atoms with van der Waals surface area (Å²) in [5.41, 5.74) is 6.45. The molecule has 0 bridgehead atoms. The number of hydrogen-bond donors (Lipinski definition) is 2. The van der Waals surface area contributed by atoms with Crippen molar-refractivity contribution in [2.24, 2.45) is 5.73 Å². The minimum Gasteiger partial charge on any atom is -0.325 e. The van der Waals surface area contributed by atoms with Crippen molar-refractivity contribution >= 4 is 0 Å². The fourth-order valence-electron chi connectivity index (χ4n) is 1.58. The Morgan fingerprint density at radius 3 is 2.71 bits per heavy atom. The Labute approximate surface area is 95.5 Å². The Balaban J connectivity index is 2.47. The highest BCUT2D eigenvalue weighted by atomic mass is 19.4. The van der Waals surface area contributed by atoms with E-state index in [-0.39, 0.29) is 6.54 Å². The van der Waals surface area contributed by atoms with Gasteiger partial charge in [-0.15, -0.1) is 0 Å². The molecule has 0 amide bonds. The highest BCUT2D eigenvalue weighted by Crippen LogP contribution is 2.32. The molecule has 3 N–H and O–H groups in total. The number of hydrogen-bond acceptors (Lipinski definition) is 2. The number of nitrogens with zero attached hydrogens (tertiary/aromatic N) is 1. The lowest BCUT2D eigenvalue weighted by Crippen LogP contribution is -2.05. The number of aromatic nitrogens is 2. The number of benzene rings is 1. The van der Waals surface area contributed by atoms with Gasteiger partial charge in [0.05, 0.1) is 17.5 Å². The van der Waals surface area contributed by atoms with Gasteiger partial charge in [0.15, 0.2) is 0 Å². The van der Waals surface area contributed by atoms with E-state index in [0.29, 0.717) is 16.8 Å². The van der Waals surface area contributed by atoms with Crippen LogP contribution in [0.5, 0.6) is 0 Å². The van der Waals surface area contributed by atoms with Gasteiger partial charge < -0.3 is 5.73 Å². The Hall–Kier alpha value is -1.82. The number of nitrogens with one attached hydrogen (secondary N) is 1. The average molecular weight is 241 g/mol. The third-order valence-electron chi connectivity index (χ3n) is 2.42. The third kappa shape index (κ3) is 2.31. The fraction of sp³-hybridized carbons (Fsp3) is 0.182. The van der Waals surface area contributed by atoms with Gasteiger partial charge in [-0.25, -0.2) is 0 Å². The van der Waals surface area contributed by atoms with Crippen LogP contribution in [0.2, 0.25) is 0 Å². The molecule has 0 fully saturated rings. The molecule has 17 heavy (non-hydrogen) atoms. The molecule has 0 saturated carbocycles. The molecular formula is C11H10F3N3. The van der Waals surface area contributed by atoms with Crippen LogP contribution in [0, 0.1) is 0 Å². The van der Waals surface area contributed by atoms with Crippen molar-refractivity contribution < 1.29 is 13.2 Å². The van der Waals surface area contributed by atoms with Gasteiger partial charge in [-0.05, 0) is 17.7 Å². The molecule has 3 nitrogen and oxygen atoms in total. The van der Waals surface area contributed by atoms with Crippen LogP contribution < -0.4 is 5.73 Å². The topological polar surface area (TPSA) is 54.7 Å². The zero-order valence-electron chi connectivity index (χ0n) is 8.75. The van der Waals surface area contributed by atoms with Crippen LogP contribution in [0.1, 0.15) is 11.3 Å². The largest absolute Gasteiger partial charge is 0.416 e. The minimum atomic E-state index is -4.34. The smallest absolute Gasteiger partial charge is 0.325 e. The van der Waals surface area contributed by atoms with Crippen molar-refractivity contribution in [3.8, 4) is 11.1 Å². The predicted molar refractivity (Wildman–Crippen MR) is 56.9 cm³/mol. The molecule has 1 aromatic carbocycles. The first-order valence-electron chi connectivity index (χ1n) is 4.92. The maximum atomic E-state index is 12.5. The summed E-state index contributed by atoms with van der Waals surface area (Å²) in [6.45, 7) is 0.200. The van der Waals surface area contributed by atoms with E-state index in [9.17, 15) is 13.2 Å². The fourth-order valence-corrected chi connectivity index (χ4v) is 1.58. The summed E-state index contributed by atoms with van der Waals surface area (Å²) in [5.74, 6) is 0. The number of aromatic amines is 1. The Morgan fingerprint density at radius 2 is 2.06 bits per heavy atom. The van der Waals surface area contributed by atoms with Gasteiger partial charge in [-0.2, -0.15) is 18.3 Å². The second-order valence-electron chi connectivity index (χ2n) is 3.54. The molecule has 0 aliphatic carbocycles. The van der Waals surface area contributed by atoms with Gasteiger partial charge >= 0.3 is 6.18 Å². The van der Waals surface area contributed by atoms with E-state index >= 15 is 0 Å². The Morgan fingerprint density at radius 1 is 1.29 bits per heavy atom. The summed E-state index contributed by atoms with van der Waals surface area (Å²) in [7, 11) is 0. The highest BCUT2D eigenvalue weighted by molar-refractivity contribution is 5.66. The van der Waals surface area contributed by atoms with Gasteiger partial charge in [0.25, 0.3) is 0 Å². The summed E-state index contributed by atoms with van der Waals surface area (Å²) in [6.07, 6.45) is -2.87. The van der Waals surface area contributed by atoms with E-state index in [0.717, 1.165) is 12.1 Å². The van der Waals surface area contributed by atoms with Crippen LogP contribution in [-0.2, 0) is 12.7 Å². The van der Waals surface area contributed by atoms with E-state index < -0.39 is 11.7 Å². The molecule has 1 aromatic heterocycles. The van der Waals surface area contributed by atoms with Crippen LogP contribution in [0.3, 0.4) is 0 Å². The molecule has 2 rings (SSSR count). The van der Waals surface area contributed by atoms with Crippen molar-refractivity contribution in [3.05, 3.63) is 41.7 Å². The van der Waals surface area contributed by atoms with Crippen molar-refractivity contribution in [2.75, 3.05) is 0 Å². The molecule has 0 radical (unpaired) electrons. The second-order valence-corrected chi connectivity index (χ2v) is 3.54. The summed E-state index contributed by atoms with van der Waals surface area (Å²) in [6, 6.07) is 5.08. The molecule has 90 valence electrons. The predicted octanol–water partition coefficient (Wildman–Crippen LogP) is 2.55. The van der Waals surface area contributed by atoms with E-state index in [1.54, 1.807) is 6.07 Å². The van der Waals surface area contributed by atoms with Crippen LogP contribution in [0.15, 0.2) is 30.5 Å². The van der Waals surface area contributed by atoms with E-state index in [1.807, 2.05) is 0 Å². The molecule has 0 atom stereocenters. The number of rotatable bonds is 2. The van der Waals surface area contributed by atoms with E-state index in [2.05, 4.69) is 10.2 Å². The highest BCUT2D eigenvalue weighted by Gasteiger charge is 2.30. The third-order valence-corrected chi connectivity index (χ3v) is 2.42. The van der Waals surface area contributed by atoms with Crippen LogP contribution in [-0.4, -0.2) is 10.2 Å². The number of H-pyrrole nitrogens is 1. The van der Waals surface area contributed by atoms with Crippen LogP contribution >= 0.6 is 0 Å². The summed E-state index contributed by atoms with van der Waals surface area (Å²) in [4.78, 5) is 0. The normalized spacial score (nSPS) is 11.8. The molecule has 0 saturated heterocycles. The van der Waals surface area contributed by atoms with Gasteiger partial charge in [0.1, 0.15) is 0 Å². The molecule has 0 aliphatic rings. The van der Waals surface area contributed by atoms with Crippen molar-refractivity contribution in [3.63, 3.8) is 0 Å². The molecule has 0 unspecified atom stereocenters. The van der Waals surface area contributed by atoms with Gasteiger partial charge in [-0.1, -0.05) is 12.1 Å². The molecule has 0 spiro atoms. The molecule has 2 aromatic rings. The monoisotopic (exact) mass is 241 g/mol. The molecular weight excluding hydrogens is 231 g/mol. The lowest BCUT2D eigenvalue weighted by Gasteiger charge is -2.08. The summed E-state index contributed by atoms with van der Waals surface area (Å²) in [5, 5.41) is 6.43. The average Bonchev–Trinajstić information content (AvgIpc) is 2.76. The number of halogens is 3. The van der Waals surface area contributed by atoms with Gasteiger partial charge in [0.2, 0.25) is 0 Å². The van der Waals surface area contributed by atoms with Gasteiger partial charge in [0, 0.05) is 12.1 Å². The molecule has 1 heterocycles. The molecule has 6 heteroatoms. The Kier molecular flexibility index (Phi) is 2.89.